The number of hydrogen-bond acceptors (Lipinski definition) is 3. The monoisotopic (exact) mass is 189 g/mol. The predicted molar refractivity (Wildman–Crippen MR) is 51.4 cm³/mol. The maximum Gasteiger partial charge on any atom is 0.0984 e. The molecule has 0 saturated heterocycles. The first-order valence-electron chi connectivity index (χ1n) is 4.40. The molecule has 14 heavy (non-hydrogen) atoms. The summed E-state index contributed by atoms with van der Waals surface area (Å²) < 4.78 is 1.83. The third-order valence-corrected chi connectivity index (χ3v) is 2.01. The molecular weight excluding hydrogens is 178 g/mol. The SMILES string of the molecule is OC(Cn1ccnc1)c1cccnc1. The minimum atomic E-state index is -0.530. The Balaban J connectivity index is 2.07. The number of imidazole rings is 1. The van der Waals surface area contributed by atoms with Gasteiger partial charge in [0.25, 0.3) is 0 Å². The number of pyridine rings is 1. The fourth-order valence-electron chi connectivity index (χ4n) is 1.27. The molecule has 0 spiro atoms. The second-order valence-corrected chi connectivity index (χ2v) is 3.06. The standard InChI is InChI=1S/C10H11N3O/c14-10(7-13-5-4-12-8-13)9-2-1-3-11-6-9/h1-6,8,10,14H,7H2. The minimum Gasteiger partial charge on any atom is -0.386 e. The molecule has 1 unspecified atom stereocenters. The van der Waals surface area contributed by atoms with Gasteiger partial charge in [0.05, 0.1) is 19.0 Å². The molecule has 2 aromatic heterocycles. The number of rotatable bonds is 3. The lowest BCUT2D eigenvalue weighted by Gasteiger charge is -2.10. The Kier molecular flexibility index (Phi) is 2.55. The Morgan fingerprint density at radius 2 is 2.29 bits per heavy atom. The van der Waals surface area contributed by atoms with Crippen LogP contribution in [-0.4, -0.2) is 19.6 Å². The summed E-state index contributed by atoms with van der Waals surface area (Å²) >= 11 is 0. The summed E-state index contributed by atoms with van der Waals surface area (Å²) in [6.45, 7) is 0.506. The van der Waals surface area contributed by atoms with Crippen molar-refractivity contribution < 1.29 is 5.11 Å². The van der Waals surface area contributed by atoms with Crippen LogP contribution in [0.1, 0.15) is 11.7 Å². The zero-order chi connectivity index (χ0) is 9.80. The molecule has 2 aromatic rings. The molecule has 72 valence electrons. The summed E-state index contributed by atoms with van der Waals surface area (Å²) in [6.07, 6.45) is 8.02. The largest absolute Gasteiger partial charge is 0.386 e. The van der Waals surface area contributed by atoms with E-state index in [-0.39, 0.29) is 0 Å². The molecule has 0 amide bonds. The fraction of sp³-hybridized carbons (Fsp3) is 0.200. The van der Waals surface area contributed by atoms with E-state index in [2.05, 4.69) is 9.97 Å². The lowest BCUT2D eigenvalue weighted by molar-refractivity contribution is 0.156. The van der Waals surface area contributed by atoms with Crippen LogP contribution >= 0.6 is 0 Å². The van der Waals surface area contributed by atoms with Crippen LogP contribution in [-0.2, 0) is 6.54 Å². The molecule has 0 aliphatic rings. The van der Waals surface area contributed by atoms with Gasteiger partial charge >= 0.3 is 0 Å². The quantitative estimate of drug-likeness (QED) is 0.784. The average Bonchev–Trinajstić information content (AvgIpc) is 2.72. The molecular formula is C10H11N3O. The van der Waals surface area contributed by atoms with E-state index in [0.717, 1.165) is 5.56 Å². The number of aliphatic hydroxyl groups is 1. The first-order valence-corrected chi connectivity index (χ1v) is 4.40. The van der Waals surface area contributed by atoms with E-state index in [0.29, 0.717) is 6.54 Å². The molecule has 0 aliphatic carbocycles. The van der Waals surface area contributed by atoms with E-state index in [4.69, 9.17) is 0 Å². The Morgan fingerprint density at radius 1 is 1.36 bits per heavy atom. The summed E-state index contributed by atoms with van der Waals surface area (Å²) in [5, 5.41) is 9.80. The smallest absolute Gasteiger partial charge is 0.0984 e. The van der Waals surface area contributed by atoms with E-state index in [9.17, 15) is 5.11 Å². The Hall–Kier alpha value is -1.68. The van der Waals surface area contributed by atoms with Gasteiger partial charge in [-0.1, -0.05) is 6.07 Å². The van der Waals surface area contributed by atoms with Gasteiger partial charge in [0, 0.05) is 30.4 Å². The van der Waals surface area contributed by atoms with Crippen molar-refractivity contribution >= 4 is 0 Å². The van der Waals surface area contributed by atoms with Crippen LogP contribution < -0.4 is 0 Å². The maximum atomic E-state index is 9.80. The maximum absolute atomic E-state index is 9.80. The highest BCUT2D eigenvalue weighted by atomic mass is 16.3. The first kappa shape index (κ1) is 8.90. The predicted octanol–water partition coefficient (Wildman–Crippen LogP) is 1.01. The second kappa shape index (κ2) is 4.02. The van der Waals surface area contributed by atoms with Gasteiger partial charge in [0.2, 0.25) is 0 Å². The zero-order valence-electron chi connectivity index (χ0n) is 7.61. The number of nitrogens with zero attached hydrogens (tertiary/aromatic N) is 3. The summed E-state index contributed by atoms with van der Waals surface area (Å²) in [5.41, 5.74) is 0.821. The van der Waals surface area contributed by atoms with E-state index >= 15 is 0 Å². The van der Waals surface area contributed by atoms with Crippen molar-refractivity contribution in [2.45, 2.75) is 12.6 Å². The van der Waals surface area contributed by atoms with Gasteiger partial charge in [0.15, 0.2) is 0 Å². The molecule has 0 aliphatic heterocycles. The fourth-order valence-corrected chi connectivity index (χ4v) is 1.27. The molecule has 2 heterocycles. The molecule has 0 fully saturated rings. The molecule has 4 heteroatoms. The topological polar surface area (TPSA) is 50.9 Å². The number of hydrogen-bond donors (Lipinski definition) is 1. The van der Waals surface area contributed by atoms with Crippen molar-refractivity contribution in [1.29, 1.82) is 0 Å². The summed E-state index contributed by atoms with van der Waals surface area (Å²) in [7, 11) is 0. The molecule has 0 bridgehead atoms. The van der Waals surface area contributed by atoms with Crippen LogP contribution in [0, 0.1) is 0 Å². The number of aliphatic hydroxyl groups excluding tert-OH is 1. The zero-order valence-corrected chi connectivity index (χ0v) is 7.61. The second-order valence-electron chi connectivity index (χ2n) is 3.06. The summed E-state index contributed by atoms with van der Waals surface area (Å²) in [6, 6.07) is 3.67. The van der Waals surface area contributed by atoms with Crippen molar-refractivity contribution in [2.75, 3.05) is 0 Å². The Morgan fingerprint density at radius 3 is 2.93 bits per heavy atom. The Labute approximate surface area is 81.9 Å². The van der Waals surface area contributed by atoms with Gasteiger partial charge in [-0.25, -0.2) is 4.98 Å². The van der Waals surface area contributed by atoms with Gasteiger partial charge in [-0.3, -0.25) is 4.98 Å². The summed E-state index contributed by atoms with van der Waals surface area (Å²) in [4.78, 5) is 7.86. The van der Waals surface area contributed by atoms with Crippen LogP contribution in [0.2, 0.25) is 0 Å². The lowest BCUT2D eigenvalue weighted by atomic mass is 10.1. The summed E-state index contributed by atoms with van der Waals surface area (Å²) in [5.74, 6) is 0. The van der Waals surface area contributed by atoms with Crippen molar-refractivity contribution in [3.8, 4) is 0 Å². The molecule has 0 saturated carbocycles. The van der Waals surface area contributed by atoms with E-state index in [1.54, 1.807) is 24.9 Å². The molecule has 0 radical (unpaired) electrons. The van der Waals surface area contributed by atoms with Crippen LogP contribution in [0.3, 0.4) is 0 Å². The highest BCUT2D eigenvalue weighted by Crippen LogP contribution is 2.12. The van der Waals surface area contributed by atoms with Gasteiger partial charge < -0.3 is 9.67 Å². The van der Waals surface area contributed by atoms with Crippen LogP contribution in [0.5, 0.6) is 0 Å². The number of aromatic nitrogens is 3. The van der Waals surface area contributed by atoms with Crippen molar-refractivity contribution in [2.24, 2.45) is 0 Å². The van der Waals surface area contributed by atoms with Crippen molar-refractivity contribution in [3.63, 3.8) is 0 Å². The third kappa shape index (κ3) is 1.97. The average molecular weight is 189 g/mol. The minimum absolute atomic E-state index is 0.506. The highest BCUT2D eigenvalue weighted by molar-refractivity contribution is 5.11. The molecule has 1 atom stereocenters. The highest BCUT2D eigenvalue weighted by Gasteiger charge is 2.07. The van der Waals surface area contributed by atoms with Crippen molar-refractivity contribution in [3.05, 3.63) is 48.8 Å². The van der Waals surface area contributed by atoms with E-state index in [1.807, 2.05) is 22.9 Å². The van der Waals surface area contributed by atoms with Crippen molar-refractivity contribution in [1.82, 2.24) is 14.5 Å². The van der Waals surface area contributed by atoms with Gasteiger partial charge in [-0.2, -0.15) is 0 Å². The van der Waals surface area contributed by atoms with Gasteiger partial charge in [-0.15, -0.1) is 0 Å². The molecule has 1 N–H and O–H groups in total. The Bertz CT molecular complexity index is 372. The van der Waals surface area contributed by atoms with Crippen LogP contribution in [0.25, 0.3) is 0 Å². The first-order chi connectivity index (χ1) is 6.86. The normalized spacial score (nSPS) is 12.6. The third-order valence-electron chi connectivity index (χ3n) is 2.01. The molecule has 2 rings (SSSR count). The van der Waals surface area contributed by atoms with Gasteiger partial charge in [-0.05, 0) is 6.07 Å². The van der Waals surface area contributed by atoms with E-state index in [1.165, 1.54) is 0 Å². The lowest BCUT2D eigenvalue weighted by Crippen LogP contribution is -2.07. The molecule has 0 aromatic carbocycles. The van der Waals surface area contributed by atoms with E-state index < -0.39 is 6.10 Å². The van der Waals surface area contributed by atoms with Crippen LogP contribution in [0.15, 0.2) is 43.2 Å². The molecule has 4 nitrogen and oxygen atoms in total. The van der Waals surface area contributed by atoms with Crippen LogP contribution in [0.4, 0.5) is 0 Å². The van der Waals surface area contributed by atoms with Gasteiger partial charge in [0.1, 0.15) is 0 Å².